The number of nitrogens with one attached hydrogen (secondary N) is 2. The van der Waals surface area contributed by atoms with Crippen LogP contribution in [0.5, 0.6) is 0 Å². The minimum Gasteiger partial charge on any atom is -0.359 e. The highest BCUT2D eigenvalue weighted by molar-refractivity contribution is 6.01. The molecule has 0 radical (unpaired) electrons. The number of allylic oxidation sites excluding steroid dienone is 1. The number of benzene rings is 1. The molecule has 0 saturated carbocycles. The van der Waals surface area contributed by atoms with E-state index < -0.39 is 0 Å². The van der Waals surface area contributed by atoms with Gasteiger partial charge in [-0.2, -0.15) is 0 Å². The molecule has 6 nitrogen and oxygen atoms in total. The van der Waals surface area contributed by atoms with E-state index in [0.717, 1.165) is 33.8 Å². The largest absolute Gasteiger partial charge is 0.359 e. The van der Waals surface area contributed by atoms with Crippen LogP contribution in [-0.4, -0.2) is 39.2 Å². The molecule has 0 saturated heterocycles. The normalized spacial score (nSPS) is 21.6. The molecular formula is C18H14N6. The first-order valence-electron chi connectivity index (χ1n) is 7.82. The van der Waals surface area contributed by atoms with Gasteiger partial charge in [0.25, 0.3) is 0 Å². The lowest BCUT2D eigenvalue weighted by Gasteiger charge is -2.13. The highest BCUT2D eigenvalue weighted by atomic mass is 15.2. The predicted octanol–water partition coefficient (Wildman–Crippen LogP) is 2.31. The summed E-state index contributed by atoms with van der Waals surface area (Å²) in [6, 6.07) is 10.3. The van der Waals surface area contributed by atoms with Gasteiger partial charge in [-0.3, -0.25) is 9.98 Å². The van der Waals surface area contributed by atoms with Gasteiger partial charge in [0, 0.05) is 23.5 Å². The fourth-order valence-electron chi connectivity index (χ4n) is 3.00. The monoisotopic (exact) mass is 314 g/mol. The number of dihydropyridines is 1. The van der Waals surface area contributed by atoms with Crippen LogP contribution < -0.4 is 5.32 Å². The highest BCUT2D eigenvalue weighted by Crippen LogP contribution is 2.22. The molecule has 2 aromatic heterocycles. The summed E-state index contributed by atoms with van der Waals surface area (Å²) >= 11 is 0. The van der Waals surface area contributed by atoms with Crippen molar-refractivity contribution >= 4 is 23.1 Å². The lowest BCUT2D eigenvalue weighted by Crippen LogP contribution is -2.33. The molecule has 0 bridgehead atoms. The molecule has 24 heavy (non-hydrogen) atoms. The van der Waals surface area contributed by atoms with Crippen molar-refractivity contribution in [2.45, 2.75) is 12.2 Å². The zero-order valence-electron chi connectivity index (χ0n) is 12.7. The van der Waals surface area contributed by atoms with E-state index in [1.807, 2.05) is 24.3 Å². The Morgan fingerprint density at radius 3 is 2.71 bits per heavy atom. The van der Waals surface area contributed by atoms with Gasteiger partial charge in [-0.1, -0.05) is 30.3 Å². The Hall–Kier alpha value is -3.28. The first-order valence-corrected chi connectivity index (χ1v) is 7.82. The van der Waals surface area contributed by atoms with Gasteiger partial charge in [-0.25, -0.2) is 9.98 Å². The SMILES string of the molecule is C1=CC2NC(c3ccc(-c4nc5cnccc5[nH]4)cc3)=NC2N=C1. The van der Waals surface area contributed by atoms with E-state index in [-0.39, 0.29) is 12.2 Å². The summed E-state index contributed by atoms with van der Waals surface area (Å²) in [6.45, 7) is 0. The van der Waals surface area contributed by atoms with E-state index in [0.29, 0.717) is 0 Å². The minimum absolute atomic E-state index is 0.0486. The fraction of sp³-hybridized carbons (Fsp3) is 0.111. The average molecular weight is 314 g/mol. The van der Waals surface area contributed by atoms with Crippen molar-refractivity contribution in [3.63, 3.8) is 0 Å². The number of amidine groups is 1. The predicted molar refractivity (Wildman–Crippen MR) is 94.2 cm³/mol. The number of aromatic amines is 1. The summed E-state index contributed by atoms with van der Waals surface area (Å²) < 4.78 is 0. The number of aliphatic imine (C=N–C) groups is 2. The van der Waals surface area contributed by atoms with Gasteiger partial charge in [-0.15, -0.1) is 0 Å². The van der Waals surface area contributed by atoms with Crippen LogP contribution in [0.15, 0.2) is 64.9 Å². The molecule has 5 rings (SSSR count). The Balaban J connectivity index is 1.45. The van der Waals surface area contributed by atoms with Crippen molar-refractivity contribution in [3.05, 3.63) is 60.4 Å². The van der Waals surface area contributed by atoms with E-state index in [9.17, 15) is 0 Å². The summed E-state index contributed by atoms with van der Waals surface area (Å²) in [4.78, 5) is 21.0. The van der Waals surface area contributed by atoms with Crippen LogP contribution in [0.3, 0.4) is 0 Å². The van der Waals surface area contributed by atoms with Crippen LogP contribution in [0.2, 0.25) is 0 Å². The molecule has 6 heteroatoms. The zero-order valence-corrected chi connectivity index (χ0v) is 12.7. The van der Waals surface area contributed by atoms with Crippen molar-refractivity contribution in [3.8, 4) is 11.4 Å². The third-order valence-corrected chi connectivity index (χ3v) is 4.25. The van der Waals surface area contributed by atoms with Crippen molar-refractivity contribution in [1.82, 2.24) is 20.3 Å². The van der Waals surface area contributed by atoms with E-state index >= 15 is 0 Å². The zero-order chi connectivity index (χ0) is 15.9. The van der Waals surface area contributed by atoms with Gasteiger partial charge in [0.15, 0.2) is 6.17 Å². The molecule has 2 aliphatic heterocycles. The van der Waals surface area contributed by atoms with Crippen molar-refractivity contribution in [2.24, 2.45) is 9.98 Å². The number of pyridine rings is 1. The average Bonchev–Trinajstić information content (AvgIpc) is 3.25. The maximum atomic E-state index is 4.64. The minimum atomic E-state index is -0.0486. The summed E-state index contributed by atoms with van der Waals surface area (Å²) in [6.07, 6.45) is 9.31. The van der Waals surface area contributed by atoms with Crippen LogP contribution >= 0.6 is 0 Å². The number of rotatable bonds is 2. The standard InChI is InChI=1S/C18H14N6/c1-2-14-18(20-8-1)24-17(22-14)12-5-3-11(4-6-12)16-21-13-7-9-19-10-15(13)23-16/h1-10,14,18H,(H,21,23)(H,22,24). The summed E-state index contributed by atoms with van der Waals surface area (Å²) in [5.41, 5.74) is 3.94. The lowest BCUT2D eigenvalue weighted by atomic mass is 10.1. The second-order valence-electron chi connectivity index (χ2n) is 5.80. The van der Waals surface area contributed by atoms with Crippen LogP contribution in [-0.2, 0) is 0 Å². The second kappa shape index (κ2) is 5.13. The number of hydrogen-bond acceptors (Lipinski definition) is 5. The van der Waals surface area contributed by atoms with E-state index in [1.165, 1.54) is 0 Å². The third-order valence-electron chi connectivity index (χ3n) is 4.25. The Kier molecular flexibility index (Phi) is 2.82. The Morgan fingerprint density at radius 1 is 1.00 bits per heavy atom. The molecule has 0 aliphatic carbocycles. The maximum Gasteiger partial charge on any atom is 0.165 e. The molecule has 0 amide bonds. The molecule has 3 aromatic rings. The Morgan fingerprint density at radius 2 is 1.88 bits per heavy atom. The molecule has 4 heterocycles. The first kappa shape index (κ1) is 13.2. The lowest BCUT2D eigenvalue weighted by molar-refractivity contribution is 0.627. The van der Waals surface area contributed by atoms with E-state index in [1.54, 1.807) is 18.6 Å². The molecular weight excluding hydrogens is 300 g/mol. The summed E-state index contributed by atoms with van der Waals surface area (Å²) in [5.74, 6) is 1.72. The smallest absolute Gasteiger partial charge is 0.165 e. The number of hydrogen-bond donors (Lipinski definition) is 2. The number of aromatic nitrogens is 3. The van der Waals surface area contributed by atoms with E-state index in [4.69, 9.17) is 0 Å². The van der Waals surface area contributed by atoms with Crippen molar-refractivity contribution in [1.29, 1.82) is 0 Å². The number of nitrogens with zero attached hydrogens (tertiary/aromatic N) is 4. The molecule has 1 aromatic carbocycles. The fourth-order valence-corrected chi connectivity index (χ4v) is 3.00. The van der Waals surface area contributed by atoms with Gasteiger partial charge in [-0.05, 0) is 12.1 Å². The maximum absolute atomic E-state index is 4.64. The van der Waals surface area contributed by atoms with Crippen LogP contribution in [0.25, 0.3) is 22.4 Å². The molecule has 2 atom stereocenters. The molecule has 2 N–H and O–H groups in total. The van der Waals surface area contributed by atoms with Gasteiger partial charge in [0.05, 0.1) is 17.8 Å². The Bertz CT molecular complexity index is 963. The molecule has 2 aliphatic rings. The van der Waals surface area contributed by atoms with Crippen molar-refractivity contribution in [2.75, 3.05) is 0 Å². The summed E-state index contributed by atoms with van der Waals surface area (Å²) in [7, 11) is 0. The highest BCUT2D eigenvalue weighted by Gasteiger charge is 2.27. The first-order chi connectivity index (χ1) is 11.9. The van der Waals surface area contributed by atoms with Gasteiger partial charge >= 0.3 is 0 Å². The summed E-state index contributed by atoms with van der Waals surface area (Å²) in [5, 5.41) is 3.41. The molecule has 0 spiro atoms. The van der Waals surface area contributed by atoms with Gasteiger partial charge in [0.2, 0.25) is 0 Å². The molecule has 0 fully saturated rings. The van der Waals surface area contributed by atoms with Crippen molar-refractivity contribution < 1.29 is 0 Å². The molecule has 2 unspecified atom stereocenters. The molecule has 116 valence electrons. The van der Waals surface area contributed by atoms with Gasteiger partial charge in [0.1, 0.15) is 17.2 Å². The topological polar surface area (TPSA) is 78.3 Å². The number of fused-ring (bicyclic) bond motifs is 2. The number of imidazole rings is 1. The third kappa shape index (κ3) is 2.11. The number of H-pyrrole nitrogens is 1. The quantitative estimate of drug-likeness (QED) is 0.762. The van der Waals surface area contributed by atoms with E-state index in [2.05, 4.69) is 48.5 Å². The van der Waals surface area contributed by atoms with Crippen LogP contribution in [0.1, 0.15) is 5.56 Å². The Labute approximate surface area is 138 Å². The van der Waals surface area contributed by atoms with Gasteiger partial charge < -0.3 is 10.3 Å². The van der Waals surface area contributed by atoms with Crippen LogP contribution in [0.4, 0.5) is 0 Å². The van der Waals surface area contributed by atoms with Crippen LogP contribution in [0, 0.1) is 0 Å². The second-order valence-corrected chi connectivity index (χ2v) is 5.80.